The summed E-state index contributed by atoms with van der Waals surface area (Å²) in [7, 11) is 1.30. The molecule has 2 heterocycles. The van der Waals surface area contributed by atoms with Crippen LogP contribution in [0.2, 0.25) is 0 Å². The summed E-state index contributed by atoms with van der Waals surface area (Å²) < 4.78 is 32.3. The molecule has 13 heteroatoms. The summed E-state index contributed by atoms with van der Waals surface area (Å²) >= 11 is 0. The third-order valence-corrected chi connectivity index (χ3v) is 6.49. The molecule has 0 bridgehead atoms. The second-order valence-electron chi connectivity index (χ2n) is 10.9. The van der Waals surface area contributed by atoms with Gasteiger partial charge in [0.15, 0.2) is 23.6 Å². The molecule has 1 aromatic carbocycles. The number of carbonyl (C=O) groups is 5. The first kappa shape index (κ1) is 33.8. The summed E-state index contributed by atoms with van der Waals surface area (Å²) in [5.41, 5.74) is 0.370. The Bertz CT molecular complexity index is 1330. The lowest BCUT2D eigenvalue weighted by Crippen LogP contribution is -2.47. The van der Waals surface area contributed by atoms with Crippen molar-refractivity contribution in [3.63, 3.8) is 0 Å². The van der Waals surface area contributed by atoms with E-state index in [0.29, 0.717) is 0 Å². The van der Waals surface area contributed by atoms with Crippen LogP contribution in [0.25, 0.3) is 0 Å². The predicted octanol–water partition coefficient (Wildman–Crippen LogP) is 3.28. The summed E-state index contributed by atoms with van der Waals surface area (Å²) in [5, 5.41) is 2.43. The van der Waals surface area contributed by atoms with E-state index in [4.69, 9.17) is 28.4 Å². The summed E-state index contributed by atoms with van der Waals surface area (Å²) in [6.45, 7) is 7.91. The molecular formula is C31H38N2O11. The Hall–Kier alpha value is -4.68. The molecule has 1 fully saturated rings. The number of hydrogen-bond donors (Lipinski definition) is 1. The lowest BCUT2D eigenvalue weighted by Gasteiger charge is -2.29. The Morgan fingerprint density at radius 2 is 1.75 bits per heavy atom. The molecule has 1 aromatic heterocycles. The smallest absolute Gasteiger partial charge is 0.493 e. The highest BCUT2D eigenvalue weighted by molar-refractivity contribution is 5.98. The Morgan fingerprint density at radius 3 is 2.39 bits per heavy atom. The minimum absolute atomic E-state index is 0.00213. The summed E-state index contributed by atoms with van der Waals surface area (Å²) in [6, 6.07) is 8.91. The second kappa shape index (κ2) is 15.7. The van der Waals surface area contributed by atoms with Crippen molar-refractivity contribution in [2.24, 2.45) is 17.8 Å². The lowest BCUT2D eigenvalue weighted by molar-refractivity contribution is -0.176. The van der Waals surface area contributed by atoms with Crippen LogP contribution in [0.3, 0.4) is 0 Å². The highest BCUT2D eigenvalue weighted by Crippen LogP contribution is 2.30. The second-order valence-corrected chi connectivity index (χ2v) is 10.9. The van der Waals surface area contributed by atoms with Crippen molar-refractivity contribution in [3.05, 3.63) is 53.9 Å². The minimum Gasteiger partial charge on any atom is -0.493 e. The number of aromatic nitrogens is 1. The maximum absolute atomic E-state index is 13.4. The molecule has 0 spiro atoms. The number of nitrogens with one attached hydrogen (secondary N) is 1. The first-order valence-electron chi connectivity index (χ1n) is 14.2. The molecule has 1 N–H and O–H groups in total. The first-order chi connectivity index (χ1) is 20.9. The predicted molar refractivity (Wildman–Crippen MR) is 154 cm³/mol. The quantitative estimate of drug-likeness (QED) is 0.307. The van der Waals surface area contributed by atoms with E-state index in [9.17, 15) is 24.0 Å². The number of hydrogen-bond acceptors (Lipinski definition) is 12. The minimum atomic E-state index is -1.49. The van der Waals surface area contributed by atoms with Gasteiger partial charge in [-0.05, 0) is 24.8 Å². The van der Waals surface area contributed by atoms with Crippen LogP contribution in [-0.2, 0) is 39.8 Å². The van der Waals surface area contributed by atoms with E-state index in [2.05, 4.69) is 10.3 Å². The fourth-order valence-electron chi connectivity index (χ4n) is 4.18. The summed E-state index contributed by atoms with van der Waals surface area (Å²) in [5.74, 6) is -5.09. The van der Waals surface area contributed by atoms with Gasteiger partial charge in [-0.3, -0.25) is 14.4 Å². The molecule has 4 atom stereocenters. The van der Waals surface area contributed by atoms with Crippen LogP contribution in [0.5, 0.6) is 11.5 Å². The molecular weight excluding hydrogens is 576 g/mol. The van der Waals surface area contributed by atoms with Crippen LogP contribution in [0.15, 0.2) is 42.6 Å². The van der Waals surface area contributed by atoms with E-state index in [-0.39, 0.29) is 30.4 Å². The van der Waals surface area contributed by atoms with Crippen LogP contribution >= 0.6 is 0 Å². The number of cyclic esters (lactones) is 2. The van der Waals surface area contributed by atoms with Gasteiger partial charge in [0.1, 0.15) is 18.6 Å². The van der Waals surface area contributed by atoms with Crippen LogP contribution in [0.4, 0.5) is 4.79 Å². The van der Waals surface area contributed by atoms with Gasteiger partial charge in [-0.2, -0.15) is 0 Å². The molecule has 3 rings (SSSR count). The maximum Gasteiger partial charge on any atom is 0.514 e. The van der Waals surface area contributed by atoms with Crippen molar-refractivity contribution in [1.82, 2.24) is 10.3 Å². The summed E-state index contributed by atoms with van der Waals surface area (Å²) in [4.78, 5) is 68.9. The Labute approximate surface area is 255 Å². The third-order valence-electron chi connectivity index (χ3n) is 6.49. The Morgan fingerprint density at radius 1 is 1.05 bits per heavy atom. The van der Waals surface area contributed by atoms with Gasteiger partial charge in [-0.25, -0.2) is 14.6 Å². The van der Waals surface area contributed by atoms with E-state index in [1.807, 2.05) is 19.9 Å². The normalized spacial score (nSPS) is 20.4. The Kier molecular flexibility index (Phi) is 12.1. The average Bonchev–Trinajstić information content (AvgIpc) is 3.02. The molecule has 1 aliphatic heterocycles. The zero-order valence-electron chi connectivity index (χ0n) is 25.6. The maximum atomic E-state index is 13.4. The SMILES string of the molecule is COc1ccnc(C(=O)N[C@H]2COC(=O)[C@H](Cc3ccccc3)C(OC(=O)C(C)C)[C@H](C)OC2=O)c1OC(=O)OCC(C)C. The molecule has 1 saturated heterocycles. The third kappa shape index (κ3) is 9.16. The van der Waals surface area contributed by atoms with Crippen molar-refractivity contribution in [1.29, 1.82) is 0 Å². The molecule has 13 nitrogen and oxygen atoms in total. The van der Waals surface area contributed by atoms with Crippen LogP contribution in [0.1, 0.15) is 50.7 Å². The molecule has 44 heavy (non-hydrogen) atoms. The number of benzene rings is 1. The largest absolute Gasteiger partial charge is 0.514 e. The number of pyridine rings is 1. The van der Waals surface area contributed by atoms with Gasteiger partial charge in [0.25, 0.3) is 5.91 Å². The number of nitrogens with zero attached hydrogens (tertiary/aromatic N) is 1. The number of methoxy groups -OCH3 is 1. The zero-order chi connectivity index (χ0) is 32.4. The monoisotopic (exact) mass is 614 g/mol. The van der Waals surface area contributed by atoms with Gasteiger partial charge in [-0.1, -0.05) is 58.0 Å². The van der Waals surface area contributed by atoms with E-state index in [0.717, 1.165) is 5.56 Å². The van der Waals surface area contributed by atoms with Gasteiger partial charge in [-0.15, -0.1) is 0 Å². The number of rotatable bonds is 10. The van der Waals surface area contributed by atoms with Crippen LogP contribution in [0, 0.1) is 17.8 Å². The van der Waals surface area contributed by atoms with Crippen molar-refractivity contribution in [2.75, 3.05) is 20.3 Å². The number of carbonyl (C=O) groups excluding carboxylic acids is 5. The average molecular weight is 615 g/mol. The van der Waals surface area contributed by atoms with Gasteiger partial charge in [0, 0.05) is 12.3 Å². The number of amides is 1. The van der Waals surface area contributed by atoms with E-state index >= 15 is 0 Å². The van der Waals surface area contributed by atoms with Crippen LogP contribution < -0.4 is 14.8 Å². The summed E-state index contributed by atoms with van der Waals surface area (Å²) in [6.07, 6.45) is -1.97. The number of ether oxygens (including phenoxy) is 6. The fourth-order valence-corrected chi connectivity index (χ4v) is 4.18. The molecule has 0 saturated carbocycles. The molecule has 0 radical (unpaired) electrons. The zero-order valence-corrected chi connectivity index (χ0v) is 25.6. The van der Waals surface area contributed by atoms with Crippen molar-refractivity contribution in [3.8, 4) is 11.5 Å². The topological polar surface area (TPSA) is 166 Å². The van der Waals surface area contributed by atoms with Crippen molar-refractivity contribution in [2.45, 2.75) is 59.3 Å². The molecule has 1 unspecified atom stereocenters. The molecule has 238 valence electrons. The molecule has 0 aliphatic carbocycles. The lowest BCUT2D eigenvalue weighted by atomic mass is 9.91. The van der Waals surface area contributed by atoms with Gasteiger partial charge < -0.3 is 33.7 Å². The van der Waals surface area contributed by atoms with Crippen LogP contribution in [-0.4, -0.2) is 73.5 Å². The Balaban J connectivity index is 1.87. The van der Waals surface area contributed by atoms with E-state index in [1.54, 1.807) is 38.1 Å². The highest BCUT2D eigenvalue weighted by atomic mass is 16.7. The van der Waals surface area contributed by atoms with Crippen molar-refractivity contribution < 1.29 is 52.4 Å². The van der Waals surface area contributed by atoms with E-state index in [1.165, 1.54) is 26.3 Å². The molecule has 1 aliphatic rings. The molecule has 1 amide bonds. The highest BCUT2D eigenvalue weighted by Gasteiger charge is 2.42. The van der Waals surface area contributed by atoms with Gasteiger partial charge in [0.2, 0.25) is 5.75 Å². The van der Waals surface area contributed by atoms with E-state index < -0.39 is 72.4 Å². The van der Waals surface area contributed by atoms with Gasteiger partial charge in [0.05, 0.1) is 19.6 Å². The fraction of sp³-hybridized carbons (Fsp3) is 0.484. The van der Waals surface area contributed by atoms with Gasteiger partial charge >= 0.3 is 24.1 Å². The number of esters is 3. The first-order valence-corrected chi connectivity index (χ1v) is 14.2. The standard InChI is InChI=1S/C31H38N2O11/c1-17(2)15-41-31(38)44-26-23(39-6)12-13-32-24(26)27(34)33-22-16-40-29(36)21(14-20-10-8-7-9-11-20)25(19(5)42-30(22)37)43-28(35)18(3)4/h7-13,17-19,21-22,25H,14-16H2,1-6H3,(H,33,34)/t19-,21+,22-,25?/m0/s1. The van der Waals surface area contributed by atoms with Crippen molar-refractivity contribution >= 4 is 30.0 Å². The molecule has 2 aromatic rings.